The first kappa shape index (κ1) is 30.9. The second-order valence-corrected chi connectivity index (χ2v) is 12.7. The SMILES string of the molecule is CNc1cc(Oc2c(C)c(C)c(C(C)(C)c3c(C)c(C)c(O)c(C)c3C)c(C)c2C)c(N)c2c1C(=O)c1ccccc1C2=O. The number of nitrogens with two attached hydrogens (primary N) is 1. The van der Waals surface area contributed by atoms with E-state index in [9.17, 15) is 14.7 Å². The fourth-order valence-electron chi connectivity index (χ4n) is 7.41. The predicted octanol–water partition coefficient (Wildman–Crippen LogP) is 8.38. The first-order chi connectivity index (χ1) is 20.6. The average molecular weight is 591 g/mol. The van der Waals surface area contributed by atoms with Gasteiger partial charge < -0.3 is 20.9 Å². The van der Waals surface area contributed by atoms with Crippen molar-refractivity contribution in [2.45, 2.75) is 74.7 Å². The Morgan fingerprint density at radius 1 is 0.705 bits per heavy atom. The molecule has 4 aromatic carbocycles. The number of fused-ring (bicyclic) bond motifs is 2. The number of phenols is 1. The number of rotatable bonds is 5. The van der Waals surface area contributed by atoms with Crippen LogP contribution >= 0.6 is 0 Å². The van der Waals surface area contributed by atoms with Gasteiger partial charge in [-0.3, -0.25) is 9.59 Å². The molecule has 0 unspecified atom stereocenters. The maximum absolute atomic E-state index is 13.7. The molecule has 0 fully saturated rings. The minimum atomic E-state index is -0.371. The van der Waals surface area contributed by atoms with Crippen LogP contribution in [0.2, 0.25) is 0 Å². The molecule has 0 aromatic heterocycles. The van der Waals surface area contributed by atoms with Crippen LogP contribution < -0.4 is 15.8 Å². The summed E-state index contributed by atoms with van der Waals surface area (Å²) in [6, 6.07) is 8.54. The molecule has 0 saturated carbocycles. The van der Waals surface area contributed by atoms with Crippen molar-refractivity contribution in [2.24, 2.45) is 0 Å². The van der Waals surface area contributed by atoms with Crippen LogP contribution in [0.25, 0.3) is 0 Å². The highest BCUT2D eigenvalue weighted by Gasteiger charge is 2.37. The number of benzene rings is 4. The molecule has 0 amide bonds. The van der Waals surface area contributed by atoms with Crippen molar-refractivity contribution in [2.75, 3.05) is 18.1 Å². The van der Waals surface area contributed by atoms with E-state index in [-0.39, 0.29) is 33.8 Å². The van der Waals surface area contributed by atoms with E-state index in [2.05, 4.69) is 46.9 Å². The van der Waals surface area contributed by atoms with E-state index in [0.717, 1.165) is 44.5 Å². The molecule has 0 spiro atoms. The number of hydrogen-bond donors (Lipinski definition) is 3. The lowest BCUT2D eigenvalue weighted by molar-refractivity contribution is 0.0980. The van der Waals surface area contributed by atoms with E-state index in [1.807, 2.05) is 27.7 Å². The van der Waals surface area contributed by atoms with Crippen molar-refractivity contribution in [3.8, 4) is 17.2 Å². The second kappa shape index (κ2) is 10.5. The summed E-state index contributed by atoms with van der Waals surface area (Å²) >= 11 is 0. The van der Waals surface area contributed by atoms with Crippen LogP contribution in [0.1, 0.15) is 101 Å². The topological polar surface area (TPSA) is 102 Å². The van der Waals surface area contributed by atoms with Crippen molar-refractivity contribution in [1.82, 2.24) is 0 Å². The Morgan fingerprint density at radius 3 is 1.59 bits per heavy atom. The lowest BCUT2D eigenvalue weighted by atomic mass is 9.68. The number of phenolic OH excluding ortho intramolecular Hbond substituents is 1. The summed E-state index contributed by atoms with van der Waals surface area (Å²) in [4.78, 5) is 27.2. The van der Waals surface area contributed by atoms with Crippen LogP contribution in [-0.4, -0.2) is 23.7 Å². The highest BCUT2D eigenvalue weighted by Crippen LogP contribution is 2.48. The monoisotopic (exact) mass is 590 g/mol. The van der Waals surface area contributed by atoms with Gasteiger partial charge in [-0.15, -0.1) is 0 Å². The smallest absolute Gasteiger partial charge is 0.196 e. The molecule has 44 heavy (non-hydrogen) atoms. The molecule has 0 heterocycles. The minimum absolute atomic E-state index is 0.145. The van der Waals surface area contributed by atoms with E-state index in [1.54, 1.807) is 37.4 Å². The lowest BCUT2D eigenvalue weighted by Crippen LogP contribution is -2.26. The number of anilines is 2. The molecule has 0 saturated heterocycles. The number of carbonyl (C=O) groups excluding carboxylic acids is 2. The van der Waals surface area contributed by atoms with Crippen LogP contribution in [-0.2, 0) is 5.41 Å². The summed E-state index contributed by atoms with van der Waals surface area (Å²) in [6.07, 6.45) is 0. The quantitative estimate of drug-likeness (QED) is 0.178. The van der Waals surface area contributed by atoms with Crippen LogP contribution in [0.4, 0.5) is 11.4 Å². The number of aromatic hydroxyl groups is 1. The van der Waals surface area contributed by atoms with Gasteiger partial charge >= 0.3 is 0 Å². The highest BCUT2D eigenvalue weighted by molar-refractivity contribution is 6.32. The van der Waals surface area contributed by atoms with E-state index < -0.39 is 0 Å². The summed E-state index contributed by atoms with van der Waals surface area (Å²) in [6.45, 7) is 20.9. The lowest BCUT2D eigenvalue weighted by Gasteiger charge is -2.36. The van der Waals surface area contributed by atoms with Gasteiger partial charge in [0.1, 0.15) is 11.5 Å². The largest absolute Gasteiger partial charge is 0.507 e. The maximum Gasteiger partial charge on any atom is 0.196 e. The molecule has 4 aromatic rings. The predicted molar refractivity (Wildman–Crippen MR) is 178 cm³/mol. The molecular weight excluding hydrogens is 548 g/mol. The summed E-state index contributed by atoms with van der Waals surface area (Å²) < 4.78 is 6.63. The molecule has 1 aliphatic rings. The van der Waals surface area contributed by atoms with Crippen molar-refractivity contribution in [3.05, 3.63) is 108 Å². The van der Waals surface area contributed by atoms with E-state index in [1.165, 1.54) is 11.1 Å². The third-order valence-corrected chi connectivity index (χ3v) is 10.1. The molecule has 4 N–H and O–H groups in total. The number of carbonyl (C=O) groups is 2. The van der Waals surface area contributed by atoms with Crippen LogP contribution in [0.5, 0.6) is 17.2 Å². The number of nitrogen functional groups attached to an aromatic ring is 1. The Balaban J connectivity index is 1.69. The molecule has 228 valence electrons. The normalized spacial score (nSPS) is 12.7. The van der Waals surface area contributed by atoms with Crippen LogP contribution in [0.3, 0.4) is 0 Å². The van der Waals surface area contributed by atoms with Crippen molar-refractivity contribution in [3.63, 3.8) is 0 Å². The molecule has 0 aliphatic heterocycles. The Bertz CT molecular complexity index is 1870. The zero-order chi connectivity index (χ0) is 32.6. The Labute approximate surface area is 260 Å². The fourth-order valence-corrected chi connectivity index (χ4v) is 7.41. The van der Waals surface area contributed by atoms with Gasteiger partial charge in [-0.25, -0.2) is 0 Å². The highest BCUT2D eigenvalue weighted by atomic mass is 16.5. The molecule has 5 rings (SSSR count). The molecule has 0 radical (unpaired) electrons. The second-order valence-electron chi connectivity index (χ2n) is 12.7. The Kier molecular flexibility index (Phi) is 7.40. The van der Waals surface area contributed by atoms with Crippen LogP contribution in [0, 0.1) is 55.4 Å². The summed E-state index contributed by atoms with van der Waals surface area (Å²) in [5.41, 5.74) is 18.6. The first-order valence-corrected chi connectivity index (χ1v) is 15.0. The van der Waals surface area contributed by atoms with Gasteiger partial charge in [-0.05, 0) is 111 Å². The van der Waals surface area contributed by atoms with Crippen molar-refractivity contribution >= 4 is 22.9 Å². The standard InChI is InChI=1S/C38H42N2O4/c1-17-21(5)34(41)22(6)18(2)31(17)38(9,10)32-19(3)23(7)37(24(8)20(32)4)44-28-16-27(40-11)29-30(33(28)39)36(43)26-15-13-12-14-25(26)35(29)42/h12-16,40-41H,39H2,1-11H3. The number of ketones is 2. The van der Waals surface area contributed by atoms with Gasteiger partial charge in [0, 0.05) is 35.3 Å². The van der Waals surface area contributed by atoms with E-state index in [4.69, 9.17) is 10.5 Å². The van der Waals surface area contributed by atoms with Gasteiger partial charge in [-0.2, -0.15) is 0 Å². The maximum atomic E-state index is 13.7. The Morgan fingerprint density at radius 2 is 1.14 bits per heavy atom. The summed E-state index contributed by atoms with van der Waals surface area (Å²) in [7, 11) is 1.71. The third kappa shape index (κ3) is 4.22. The Hall–Kier alpha value is -4.58. The summed E-state index contributed by atoms with van der Waals surface area (Å²) in [5.74, 6) is 0.819. The number of nitrogens with one attached hydrogen (secondary N) is 1. The van der Waals surface area contributed by atoms with Gasteiger partial charge in [0.25, 0.3) is 0 Å². The van der Waals surface area contributed by atoms with Gasteiger partial charge in [-0.1, -0.05) is 38.1 Å². The van der Waals surface area contributed by atoms with Gasteiger partial charge in [0.15, 0.2) is 17.3 Å². The number of ether oxygens (including phenoxy) is 1. The molecule has 6 heteroatoms. The molecular formula is C38H42N2O4. The molecule has 1 aliphatic carbocycles. The van der Waals surface area contributed by atoms with E-state index in [0.29, 0.717) is 34.1 Å². The van der Waals surface area contributed by atoms with Crippen LogP contribution in [0.15, 0.2) is 30.3 Å². The molecule has 0 bridgehead atoms. The molecule has 6 nitrogen and oxygen atoms in total. The van der Waals surface area contributed by atoms with Crippen molar-refractivity contribution in [1.29, 1.82) is 0 Å². The zero-order valence-corrected chi connectivity index (χ0v) is 27.6. The fraction of sp³-hybridized carbons (Fsp3) is 0.316. The molecule has 0 atom stereocenters. The third-order valence-electron chi connectivity index (χ3n) is 10.1. The van der Waals surface area contributed by atoms with Gasteiger partial charge in [0.2, 0.25) is 0 Å². The minimum Gasteiger partial charge on any atom is -0.507 e. The van der Waals surface area contributed by atoms with E-state index >= 15 is 0 Å². The first-order valence-electron chi connectivity index (χ1n) is 15.0. The zero-order valence-electron chi connectivity index (χ0n) is 27.6. The number of hydrogen-bond acceptors (Lipinski definition) is 6. The van der Waals surface area contributed by atoms with Crippen molar-refractivity contribution < 1.29 is 19.4 Å². The van der Waals surface area contributed by atoms with Gasteiger partial charge in [0.05, 0.1) is 16.8 Å². The average Bonchev–Trinajstić information content (AvgIpc) is 2.99. The summed E-state index contributed by atoms with van der Waals surface area (Å²) in [5, 5.41) is 13.8.